The molecule has 1 saturated heterocycles. The molecule has 0 amide bonds. The van der Waals surface area contributed by atoms with Gasteiger partial charge in [-0.15, -0.1) is 11.3 Å². The van der Waals surface area contributed by atoms with E-state index in [1.54, 1.807) is 23.4 Å². The van der Waals surface area contributed by atoms with Gasteiger partial charge in [0.2, 0.25) is 10.0 Å². The first kappa shape index (κ1) is 27.6. The lowest BCUT2D eigenvalue weighted by atomic mass is 10.0. The molecule has 0 bridgehead atoms. The van der Waals surface area contributed by atoms with Crippen LogP contribution in [0.15, 0.2) is 71.6 Å². The van der Waals surface area contributed by atoms with Gasteiger partial charge in [0.05, 0.1) is 4.90 Å². The molecule has 4 aromatic rings. The van der Waals surface area contributed by atoms with Crippen LogP contribution in [-0.4, -0.2) is 60.6 Å². The Hall–Kier alpha value is -3.93. The molecule has 0 aliphatic carbocycles. The van der Waals surface area contributed by atoms with Gasteiger partial charge in [-0.1, -0.05) is 48.5 Å². The number of rotatable bonds is 9. The number of aliphatic carboxylic acids is 1. The fraction of sp³-hybridized carbons (Fsp3) is 0.241. The molecular formula is C29H28N2O7S2. The number of thiophene rings is 1. The normalized spacial score (nSPS) is 14.7. The first-order valence-corrected chi connectivity index (χ1v) is 15.0. The number of hydrogen-bond acceptors (Lipinski definition) is 7. The highest BCUT2D eigenvalue weighted by Gasteiger charge is 2.30. The Morgan fingerprint density at radius 2 is 1.73 bits per heavy atom. The predicted octanol–water partition coefficient (Wildman–Crippen LogP) is 5.30. The van der Waals surface area contributed by atoms with Crippen LogP contribution in [0, 0.1) is 6.92 Å². The molecule has 0 saturated carbocycles. The number of nitrogens with zero attached hydrogens (tertiary/aromatic N) is 1. The van der Waals surface area contributed by atoms with Crippen LogP contribution in [0.4, 0.5) is 5.69 Å². The number of benzene rings is 3. The molecule has 0 atom stereocenters. The van der Waals surface area contributed by atoms with Crippen LogP contribution in [-0.2, 0) is 14.8 Å². The van der Waals surface area contributed by atoms with Crippen LogP contribution in [0.3, 0.4) is 0 Å². The number of piperidine rings is 1. The summed E-state index contributed by atoms with van der Waals surface area (Å²) in [5.41, 5.74) is 2.16. The summed E-state index contributed by atoms with van der Waals surface area (Å²) in [4.78, 5) is 23.7. The largest absolute Gasteiger partial charge is 0.480 e. The van der Waals surface area contributed by atoms with Gasteiger partial charge in [0.15, 0.2) is 11.5 Å². The second-order valence-corrected chi connectivity index (χ2v) is 12.5. The van der Waals surface area contributed by atoms with Crippen molar-refractivity contribution >= 4 is 49.8 Å². The zero-order chi connectivity index (χ0) is 28.4. The van der Waals surface area contributed by atoms with E-state index >= 15 is 0 Å². The number of sulfonamides is 1. The lowest BCUT2D eigenvalue weighted by Crippen LogP contribution is -2.42. The number of aromatic carboxylic acids is 1. The fourth-order valence-corrected chi connectivity index (χ4v) is 7.78. The van der Waals surface area contributed by atoms with Gasteiger partial charge >= 0.3 is 11.9 Å². The minimum atomic E-state index is -3.64. The van der Waals surface area contributed by atoms with Crippen molar-refractivity contribution in [2.24, 2.45) is 0 Å². The van der Waals surface area contributed by atoms with Crippen molar-refractivity contribution in [3.05, 3.63) is 77.2 Å². The van der Waals surface area contributed by atoms with Crippen LogP contribution < -0.4 is 10.1 Å². The Labute approximate surface area is 235 Å². The summed E-state index contributed by atoms with van der Waals surface area (Å²) in [6.45, 7) is 1.86. The van der Waals surface area contributed by atoms with Crippen molar-refractivity contribution in [3.8, 4) is 16.2 Å². The van der Waals surface area contributed by atoms with Gasteiger partial charge in [0, 0.05) is 40.6 Å². The van der Waals surface area contributed by atoms with E-state index < -0.39 is 28.6 Å². The van der Waals surface area contributed by atoms with E-state index in [0.29, 0.717) is 46.7 Å². The predicted molar refractivity (Wildman–Crippen MR) is 154 cm³/mol. The molecule has 208 valence electrons. The number of carboxylic acid groups (broad SMARTS) is 2. The minimum absolute atomic E-state index is 0.0492. The van der Waals surface area contributed by atoms with Gasteiger partial charge in [-0.3, -0.25) is 0 Å². The van der Waals surface area contributed by atoms with E-state index in [0.717, 1.165) is 28.0 Å². The summed E-state index contributed by atoms with van der Waals surface area (Å²) >= 11 is 1.04. The Morgan fingerprint density at radius 1 is 1.02 bits per heavy atom. The van der Waals surface area contributed by atoms with E-state index in [4.69, 9.17) is 9.84 Å². The Bertz CT molecular complexity index is 1680. The average molecular weight is 581 g/mol. The summed E-state index contributed by atoms with van der Waals surface area (Å²) < 4.78 is 33.8. The maximum absolute atomic E-state index is 13.5. The molecule has 3 N–H and O–H groups in total. The molecule has 2 heterocycles. The number of anilines is 1. The Kier molecular flexibility index (Phi) is 7.79. The summed E-state index contributed by atoms with van der Waals surface area (Å²) in [7, 11) is -3.64. The smallest absolute Gasteiger partial charge is 0.349 e. The maximum atomic E-state index is 13.5. The molecule has 0 radical (unpaired) electrons. The lowest BCUT2D eigenvalue weighted by Gasteiger charge is -2.32. The van der Waals surface area contributed by atoms with Crippen molar-refractivity contribution in [1.82, 2.24) is 4.31 Å². The molecule has 40 heavy (non-hydrogen) atoms. The average Bonchev–Trinajstić information content (AvgIpc) is 3.28. The summed E-state index contributed by atoms with van der Waals surface area (Å²) in [5, 5.41) is 23.7. The van der Waals surface area contributed by atoms with E-state index in [9.17, 15) is 23.1 Å². The van der Waals surface area contributed by atoms with E-state index in [1.165, 1.54) is 0 Å². The zero-order valence-electron chi connectivity index (χ0n) is 21.7. The third-order valence-electron chi connectivity index (χ3n) is 6.94. The first-order chi connectivity index (χ1) is 19.1. The standard InChI is InChI=1S/C29H28N2O7S2/c1-18-26(38-17-25(32)33)28(29(34)35)39-27(18)20-8-4-9-22(16-20)30-21-12-14-31(15-13-21)40(36,37)24-11-5-7-19-6-2-3-10-23(19)24/h2-11,16,21,30H,12-15,17H2,1H3,(H,32,33)(H,34,35). The van der Waals surface area contributed by atoms with Crippen molar-refractivity contribution in [2.45, 2.75) is 30.7 Å². The molecule has 1 aromatic heterocycles. The highest BCUT2D eigenvalue weighted by molar-refractivity contribution is 7.89. The summed E-state index contributed by atoms with van der Waals surface area (Å²) in [6.07, 6.45) is 1.26. The van der Waals surface area contributed by atoms with Crippen molar-refractivity contribution in [3.63, 3.8) is 0 Å². The molecule has 0 unspecified atom stereocenters. The molecule has 1 aliphatic rings. The molecular weight excluding hydrogens is 552 g/mol. The van der Waals surface area contributed by atoms with Gasteiger partial charge in [0.25, 0.3) is 0 Å². The number of carbonyl (C=O) groups is 2. The molecule has 0 spiro atoms. The Balaban J connectivity index is 1.30. The molecule has 1 fully saturated rings. The van der Waals surface area contributed by atoms with Crippen LogP contribution in [0.5, 0.6) is 5.75 Å². The van der Waals surface area contributed by atoms with E-state index in [-0.39, 0.29) is 16.7 Å². The monoisotopic (exact) mass is 580 g/mol. The summed E-state index contributed by atoms with van der Waals surface area (Å²) in [6, 6.07) is 20.4. The molecule has 9 nitrogen and oxygen atoms in total. The highest BCUT2D eigenvalue weighted by atomic mass is 32.2. The van der Waals surface area contributed by atoms with Crippen LogP contribution in [0.25, 0.3) is 21.2 Å². The second-order valence-electron chi connectivity index (χ2n) is 9.58. The highest BCUT2D eigenvalue weighted by Crippen LogP contribution is 2.42. The molecule has 1 aliphatic heterocycles. The third-order valence-corrected chi connectivity index (χ3v) is 10.2. The van der Waals surface area contributed by atoms with Crippen molar-refractivity contribution in [2.75, 3.05) is 25.0 Å². The lowest BCUT2D eigenvalue weighted by molar-refractivity contribution is -0.139. The second kappa shape index (κ2) is 11.3. The van der Waals surface area contributed by atoms with Crippen LogP contribution in [0.2, 0.25) is 0 Å². The number of hydrogen-bond donors (Lipinski definition) is 3. The summed E-state index contributed by atoms with van der Waals surface area (Å²) in [5.74, 6) is -2.31. The molecule has 11 heteroatoms. The zero-order valence-corrected chi connectivity index (χ0v) is 23.3. The fourth-order valence-electron chi connectivity index (χ4n) is 5.01. The first-order valence-electron chi connectivity index (χ1n) is 12.7. The van der Waals surface area contributed by atoms with Crippen LogP contribution >= 0.6 is 11.3 Å². The van der Waals surface area contributed by atoms with Crippen molar-refractivity contribution in [1.29, 1.82) is 0 Å². The van der Waals surface area contributed by atoms with Crippen LogP contribution in [0.1, 0.15) is 28.1 Å². The SMILES string of the molecule is Cc1c(-c2cccc(NC3CCN(S(=O)(=O)c4cccc5ccccc45)CC3)c2)sc(C(=O)O)c1OCC(=O)O. The quantitative estimate of drug-likeness (QED) is 0.243. The number of ether oxygens (including phenoxy) is 1. The van der Waals surface area contributed by atoms with Gasteiger partial charge in [-0.25, -0.2) is 18.0 Å². The minimum Gasteiger partial charge on any atom is -0.480 e. The number of fused-ring (bicyclic) bond motifs is 1. The van der Waals surface area contributed by atoms with Crippen molar-refractivity contribution < 1.29 is 33.0 Å². The number of carboxylic acids is 2. The van der Waals surface area contributed by atoms with Gasteiger partial charge in [0.1, 0.15) is 5.75 Å². The molecule has 3 aromatic carbocycles. The topological polar surface area (TPSA) is 133 Å². The van der Waals surface area contributed by atoms with Gasteiger partial charge < -0.3 is 20.3 Å². The molecule has 5 rings (SSSR count). The third kappa shape index (κ3) is 5.53. The maximum Gasteiger partial charge on any atom is 0.349 e. The number of nitrogens with one attached hydrogen (secondary N) is 1. The van der Waals surface area contributed by atoms with Gasteiger partial charge in [-0.2, -0.15) is 4.31 Å². The van der Waals surface area contributed by atoms with E-state index in [1.807, 2.05) is 54.6 Å². The Morgan fingerprint density at radius 3 is 2.45 bits per heavy atom. The van der Waals surface area contributed by atoms with Gasteiger partial charge in [-0.05, 0) is 48.9 Å². The van der Waals surface area contributed by atoms with E-state index in [2.05, 4.69) is 5.32 Å².